The van der Waals surface area contributed by atoms with Crippen molar-refractivity contribution in [3.05, 3.63) is 25.7 Å². The molecule has 0 amide bonds. The largest absolute Gasteiger partial charge is 0.230 e. The first-order valence-corrected chi connectivity index (χ1v) is 5.66. The molecule has 1 aromatic heterocycles. The zero-order chi connectivity index (χ0) is 7.84. The van der Waals surface area contributed by atoms with Crippen LogP contribution in [0.4, 0.5) is 0 Å². The average molecular weight is 340 g/mol. The number of hydrogen-bond donors (Lipinski definition) is 0. The Kier molecular flexibility index (Phi) is 2.16. The van der Waals surface area contributed by atoms with Crippen LogP contribution in [-0.4, -0.2) is 4.98 Å². The summed E-state index contributed by atoms with van der Waals surface area (Å²) in [5.41, 5.74) is 1.08. The van der Waals surface area contributed by atoms with Crippen molar-refractivity contribution in [3.63, 3.8) is 0 Å². The molecule has 11 heavy (non-hydrogen) atoms. The molecule has 1 heterocycles. The highest BCUT2D eigenvalue weighted by molar-refractivity contribution is 14.1. The van der Waals surface area contributed by atoms with Gasteiger partial charge in [0, 0.05) is 4.47 Å². The molecule has 0 fully saturated rings. The van der Waals surface area contributed by atoms with Crippen molar-refractivity contribution in [2.24, 2.45) is 0 Å². The van der Waals surface area contributed by atoms with Crippen LogP contribution in [0.25, 0.3) is 10.2 Å². The first-order chi connectivity index (χ1) is 5.25. The van der Waals surface area contributed by atoms with Gasteiger partial charge in [0.2, 0.25) is 0 Å². The van der Waals surface area contributed by atoms with Crippen molar-refractivity contribution in [3.8, 4) is 0 Å². The summed E-state index contributed by atoms with van der Waals surface area (Å²) >= 11 is 7.36. The molecule has 0 atom stereocenters. The molecule has 0 aliphatic rings. The van der Waals surface area contributed by atoms with Gasteiger partial charge in [-0.05, 0) is 40.8 Å². The Morgan fingerprint density at radius 2 is 2.27 bits per heavy atom. The summed E-state index contributed by atoms with van der Waals surface area (Å²) in [5, 5.41) is 0. The second-order valence-electron chi connectivity index (χ2n) is 2.08. The third-order valence-electron chi connectivity index (χ3n) is 1.32. The fourth-order valence-electron chi connectivity index (χ4n) is 0.872. The highest BCUT2D eigenvalue weighted by Crippen LogP contribution is 2.25. The van der Waals surface area contributed by atoms with Crippen molar-refractivity contribution in [2.75, 3.05) is 0 Å². The topological polar surface area (TPSA) is 12.9 Å². The van der Waals surface area contributed by atoms with Gasteiger partial charge in [-0.25, -0.2) is 4.98 Å². The second-order valence-corrected chi connectivity index (χ2v) is 5.78. The van der Waals surface area contributed by atoms with E-state index in [9.17, 15) is 0 Å². The predicted octanol–water partition coefficient (Wildman–Crippen LogP) is 3.66. The number of benzene rings is 1. The van der Waals surface area contributed by atoms with Crippen LogP contribution in [0.15, 0.2) is 22.7 Å². The molecule has 1 nitrogen and oxygen atoms in total. The average Bonchev–Trinajstić information content (AvgIpc) is 2.27. The summed E-state index contributed by atoms with van der Waals surface area (Å²) in [4.78, 5) is 4.35. The van der Waals surface area contributed by atoms with E-state index in [-0.39, 0.29) is 0 Å². The minimum Gasteiger partial charge on any atom is -0.230 e. The zero-order valence-corrected chi connectivity index (χ0v) is 9.90. The maximum atomic E-state index is 4.35. The van der Waals surface area contributed by atoms with Gasteiger partial charge < -0.3 is 0 Å². The van der Waals surface area contributed by atoms with Crippen LogP contribution >= 0.6 is 49.9 Å². The molecule has 1 aromatic carbocycles. The smallest absolute Gasteiger partial charge is 0.155 e. The maximum Gasteiger partial charge on any atom is 0.155 e. The monoisotopic (exact) mass is 339 g/mol. The lowest BCUT2D eigenvalue weighted by molar-refractivity contribution is 1.44. The highest BCUT2D eigenvalue weighted by atomic mass is 127. The fourth-order valence-corrected chi connectivity index (χ4v) is 2.86. The quantitative estimate of drug-likeness (QED) is 0.667. The van der Waals surface area contributed by atoms with Gasteiger partial charge in [-0.1, -0.05) is 15.9 Å². The van der Waals surface area contributed by atoms with Crippen LogP contribution in [0.5, 0.6) is 0 Å². The highest BCUT2D eigenvalue weighted by Gasteiger charge is 1.99. The minimum absolute atomic E-state index is 1.08. The Labute approximate surface area is 90.1 Å². The number of hydrogen-bond acceptors (Lipinski definition) is 2. The molecule has 56 valence electrons. The number of aromatic nitrogens is 1. The number of nitrogens with zero attached hydrogens (tertiary/aromatic N) is 1. The van der Waals surface area contributed by atoms with Crippen molar-refractivity contribution in [1.82, 2.24) is 4.98 Å². The number of fused-ring (bicyclic) bond motifs is 1. The SMILES string of the molecule is Brc1ccc2sc(I)nc2c1. The van der Waals surface area contributed by atoms with Gasteiger partial charge in [-0.15, -0.1) is 11.3 Å². The standard InChI is InChI=1S/C7H3BrINS/c8-4-1-2-6-5(3-4)10-7(9)11-6/h1-3H. The van der Waals surface area contributed by atoms with E-state index in [0.29, 0.717) is 0 Å². The van der Waals surface area contributed by atoms with E-state index in [0.717, 1.165) is 13.0 Å². The van der Waals surface area contributed by atoms with E-state index in [1.165, 1.54) is 4.70 Å². The fraction of sp³-hybridized carbons (Fsp3) is 0. The zero-order valence-electron chi connectivity index (χ0n) is 5.34. The number of halogens is 2. The van der Waals surface area contributed by atoms with Gasteiger partial charge in [0.15, 0.2) is 3.01 Å². The molecule has 0 aliphatic heterocycles. The van der Waals surface area contributed by atoms with E-state index in [4.69, 9.17) is 0 Å². The van der Waals surface area contributed by atoms with Crippen molar-refractivity contribution in [1.29, 1.82) is 0 Å². The molecular weight excluding hydrogens is 337 g/mol. The van der Waals surface area contributed by atoms with Gasteiger partial charge in [0.1, 0.15) is 0 Å². The lowest BCUT2D eigenvalue weighted by Gasteiger charge is -1.86. The van der Waals surface area contributed by atoms with Gasteiger partial charge in [0.25, 0.3) is 0 Å². The van der Waals surface area contributed by atoms with E-state index < -0.39 is 0 Å². The maximum absolute atomic E-state index is 4.35. The Morgan fingerprint density at radius 1 is 1.45 bits per heavy atom. The molecule has 0 bridgehead atoms. The molecule has 4 heteroatoms. The third kappa shape index (κ3) is 1.57. The van der Waals surface area contributed by atoms with Crippen LogP contribution in [0.2, 0.25) is 0 Å². The lowest BCUT2D eigenvalue weighted by atomic mass is 10.3. The summed E-state index contributed by atoms with van der Waals surface area (Å²) in [5.74, 6) is 0. The molecule has 0 unspecified atom stereocenters. The second kappa shape index (κ2) is 2.99. The third-order valence-corrected chi connectivity index (χ3v) is 3.54. The van der Waals surface area contributed by atoms with Gasteiger partial charge in [-0.3, -0.25) is 0 Å². The van der Waals surface area contributed by atoms with Crippen molar-refractivity contribution < 1.29 is 0 Å². The molecule has 0 saturated heterocycles. The first kappa shape index (κ1) is 7.94. The van der Waals surface area contributed by atoms with E-state index in [2.05, 4.69) is 49.6 Å². The molecule has 0 radical (unpaired) electrons. The lowest BCUT2D eigenvalue weighted by Crippen LogP contribution is -1.67. The van der Waals surface area contributed by atoms with E-state index >= 15 is 0 Å². The van der Waals surface area contributed by atoms with Crippen molar-refractivity contribution >= 4 is 60.1 Å². The van der Waals surface area contributed by atoms with Crippen LogP contribution < -0.4 is 0 Å². The predicted molar refractivity (Wildman–Crippen MR) is 60.0 cm³/mol. The number of thiazole rings is 1. The molecule has 0 N–H and O–H groups in total. The van der Waals surface area contributed by atoms with E-state index in [1.54, 1.807) is 11.3 Å². The number of rotatable bonds is 0. The van der Waals surface area contributed by atoms with Crippen LogP contribution in [0.3, 0.4) is 0 Å². The Morgan fingerprint density at radius 3 is 3.09 bits per heavy atom. The summed E-state index contributed by atoms with van der Waals surface area (Å²) < 4.78 is 3.43. The Hall–Kier alpha value is 0.320. The normalized spacial score (nSPS) is 10.7. The molecule has 2 rings (SSSR count). The summed E-state index contributed by atoms with van der Waals surface area (Å²) in [6.07, 6.45) is 0. The summed E-state index contributed by atoms with van der Waals surface area (Å²) in [7, 11) is 0. The van der Waals surface area contributed by atoms with Gasteiger partial charge >= 0.3 is 0 Å². The van der Waals surface area contributed by atoms with Crippen LogP contribution in [0, 0.1) is 3.01 Å². The van der Waals surface area contributed by atoms with Crippen molar-refractivity contribution in [2.45, 2.75) is 0 Å². The summed E-state index contributed by atoms with van der Waals surface area (Å²) in [6, 6.07) is 6.16. The molecule has 0 aliphatic carbocycles. The Bertz CT molecular complexity index is 398. The minimum atomic E-state index is 1.08. The first-order valence-electron chi connectivity index (χ1n) is 2.97. The molecular formula is C7H3BrINS. The van der Waals surface area contributed by atoms with Crippen LogP contribution in [-0.2, 0) is 0 Å². The summed E-state index contributed by atoms with van der Waals surface area (Å²) in [6.45, 7) is 0. The molecule has 0 spiro atoms. The van der Waals surface area contributed by atoms with Gasteiger partial charge in [0.05, 0.1) is 10.2 Å². The van der Waals surface area contributed by atoms with Gasteiger partial charge in [-0.2, -0.15) is 0 Å². The molecule has 0 saturated carbocycles. The Balaban J connectivity index is 2.82. The van der Waals surface area contributed by atoms with E-state index in [1.807, 2.05) is 12.1 Å². The molecule has 2 aromatic rings. The van der Waals surface area contributed by atoms with Crippen LogP contribution in [0.1, 0.15) is 0 Å².